The maximum atomic E-state index is 4.28. The molecule has 5 nitrogen and oxygen atoms in total. The van der Waals surface area contributed by atoms with Gasteiger partial charge in [0, 0.05) is 13.1 Å². The number of aromatic nitrogens is 2. The van der Waals surface area contributed by atoms with Gasteiger partial charge < -0.3 is 15.5 Å². The number of halogens is 1. The van der Waals surface area contributed by atoms with Crippen LogP contribution in [0.3, 0.4) is 0 Å². The van der Waals surface area contributed by atoms with Crippen molar-refractivity contribution in [3.05, 3.63) is 10.8 Å². The fourth-order valence-electron chi connectivity index (χ4n) is 1.91. The van der Waals surface area contributed by atoms with Gasteiger partial charge in [-0.25, -0.2) is 9.97 Å². The van der Waals surface area contributed by atoms with Gasteiger partial charge in [0.1, 0.15) is 22.4 Å². The molecule has 0 aliphatic carbocycles. The molecule has 0 atom stereocenters. The largest absolute Gasteiger partial charge is 0.369 e. The zero-order valence-corrected chi connectivity index (χ0v) is 14.3. The lowest BCUT2D eigenvalue weighted by molar-refractivity contribution is 0.303. The molecule has 0 bridgehead atoms. The molecule has 0 spiro atoms. The highest BCUT2D eigenvalue weighted by Crippen LogP contribution is 2.26. The van der Waals surface area contributed by atoms with Gasteiger partial charge in [-0.05, 0) is 48.4 Å². The predicted molar refractivity (Wildman–Crippen MR) is 89.4 cm³/mol. The lowest BCUT2D eigenvalue weighted by Crippen LogP contribution is -2.25. The third-order valence-corrected chi connectivity index (χ3v) is 3.92. The second-order valence-electron chi connectivity index (χ2n) is 4.62. The maximum Gasteiger partial charge on any atom is 0.145 e. The smallest absolute Gasteiger partial charge is 0.145 e. The Morgan fingerprint density at radius 3 is 2.20 bits per heavy atom. The third-order valence-electron chi connectivity index (χ3n) is 3.17. The summed E-state index contributed by atoms with van der Waals surface area (Å²) in [4.78, 5) is 10.9. The molecular formula is C14H26BrN5. The minimum absolute atomic E-state index is 0.855. The summed E-state index contributed by atoms with van der Waals surface area (Å²) in [5, 5.41) is 6.65. The molecule has 0 unspecified atom stereocenters. The molecule has 0 saturated heterocycles. The van der Waals surface area contributed by atoms with E-state index in [1.165, 1.54) is 0 Å². The number of nitrogens with one attached hydrogen (secondary N) is 2. The zero-order valence-electron chi connectivity index (χ0n) is 12.7. The number of hydrogen-bond acceptors (Lipinski definition) is 5. The quantitative estimate of drug-likeness (QED) is 0.639. The van der Waals surface area contributed by atoms with Gasteiger partial charge in [0.25, 0.3) is 0 Å². The normalized spacial score (nSPS) is 10.8. The van der Waals surface area contributed by atoms with Crippen LogP contribution < -0.4 is 10.6 Å². The third kappa shape index (κ3) is 5.63. The van der Waals surface area contributed by atoms with E-state index in [1.54, 1.807) is 6.33 Å². The summed E-state index contributed by atoms with van der Waals surface area (Å²) in [6.07, 6.45) is 3.77. The highest BCUT2D eigenvalue weighted by atomic mass is 79.9. The Morgan fingerprint density at radius 1 is 1.05 bits per heavy atom. The molecule has 6 heteroatoms. The highest BCUT2D eigenvalue weighted by molar-refractivity contribution is 9.10. The van der Waals surface area contributed by atoms with E-state index in [4.69, 9.17) is 0 Å². The molecule has 2 N–H and O–H groups in total. The average Bonchev–Trinajstić information content (AvgIpc) is 2.47. The fourth-order valence-corrected chi connectivity index (χ4v) is 2.39. The average molecular weight is 344 g/mol. The first-order valence-electron chi connectivity index (χ1n) is 7.43. The highest BCUT2D eigenvalue weighted by Gasteiger charge is 2.07. The summed E-state index contributed by atoms with van der Waals surface area (Å²) in [7, 11) is 0. The van der Waals surface area contributed by atoms with Crippen molar-refractivity contribution in [1.82, 2.24) is 14.9 Å². The maximum absolute atomic E-state index is 4.28. The summed E-state index contributed by atoms with van der Waals surface area (Å²) < 4.78 is 0.913. The first-order chi connectivity index (χ1) is 9.72. The van der Waals surface area contributed by atoms with Crippen LogP contribution in [0.25, 0.3) is 0 Å². The van der Waals surface area contributed by atoms with Gasteiger partial charge in [0.15, 0.2) is 0 Å². The Morgan fingerprint density at radius 2 is 1.65 bits per heavy atom. The Kier molecular flexibility index (Phi) is 8.53. The number of hydrogen-bond donors (Lipinski definition) is 2. The van der Waals surface area contributed by atoms with Gasteiger partial charge in [-0.3, -0.25) is 0 Å². The molecule has 0 saturated carbocycles. The van der Waals surface area contributed by atoms with E-state index >= 15 is 0 Å². The van der Waals surface area contributed by atoms with Crippen molar-refractivity contribution >= 4 is 27.6 Å². The minimum atomic E-state index is 0.855. The van der Waals surface area contributed by atoms with E-state index < -0.39 is 0 Å². The van der Waals surface area contributed by atoms with Gasteiger partial charge in [-0.15, -0.1) is 0 Å². The summed E-state index contributed by atoms with van der Waals surface area (Å²) in [5.41, 5.74) is 0. The summed E-state index contributed by atoms with van der Waals surface area (Å²) in [6, 6.07) is 0. The first kappa shape index (κ1) is 17.2. The van der Waals surface area contributed by atoms with Crippen molar-refractivity contribution in [2.24, 2.45) is 0 Å². The standard InChI is InChI=1S/C14H26BrN5/c1-4-8-16-13-12(15)14(19-11-18-13)17-9-7-10-20(5-2)6-3/h11H,4-10H2,1-3H3,(H2,16,17,18,19). The summed E-state index contributed by atoms with van der Waals surface area (Å²) in [6.45, 7) is 11.7. The first-order valence-corrected chi connectivity index (χ1v) is 8.22. The van der Waals surface area contributed by atoms with Crippen LogP contribution in [0.5, 0.6) is 0 Å². The second kappa shape index (κ2) is 9.94. The zero-order chi connectivity index (χ0) is 14.8. The Hall–Kier alpha value is -0.880. The summed E-state index contributed by atoms with van der Waals surface area (Å²) >= 11 is 3.56. The van der Waals surface area contributed by atoms with Crippen molar-refractivity contribution in [3.63, 3.8) is 0 Å². The second-order valence-corrected chi connectivity index (χ2v) is 5.41. The molecule has 1 aromatic rings. The van der Waals surface area contributed by atoms with Crippen LogP contribution in [0.4, 0.5) is 11.6 Å². The number of nitrogens with zero attached hydrogens (tertiary/aromatic N) is 3. The topological polar surface area (TPSA) is 53.1 Å². The predicted octanol–water partition coefficient (Wildman–Crippen LogP) is 3.20. The fraction of sp³-hybridized carbons (Fsp3) is 0.714. The van der Waals surface area contributed by atoms with Crippen LogP contribution >= 0.6 is 15.9 Å². The number of rotatable bonds is 10. The van der Waals surface area contributed by atoms with Gasteiger partial charge in [0.2, 0.25) is 0 Å². The van der Waals surface area contributed by atoms with Crippen LogP contribution in [0.2, 0.25) is 0 Å². The van der Waals surface area contributed by atoms with Crippen LogP contribution in [-0.4, -0.2) is 47.6 Å². The molecule has 20 heavy (non-hydrogen) atoms. The molecule has 1 rings (SSSR count). The molecule has 0 aromatic carbocycles. The van der Waals surface area contributed by atoms with Gasteiger partial charge >= 0.3 is 0 Å². The van der Waals surface area contributed by atoms with Crippen molar-refractivity contribution in [2.45, 2.75) is 33.6 Å². The van der Waals surface area contributed by atoms with E-state index in [9.17, 15) is 0 Å². The molecule has 1 aromatic heterocycles. The molecule has 0 radical (unpaired) electrons. The van der Waals surface area contributed by atoms with E-state index in [2.05, 4.69) is 62.2 Å². The van der Waals surface area contributed by atoms with Crippen LogP contribution in [-0.2, 0) is 0 Å². The van der Waals surface area contributed by atoms with E-state index in [-0.39, 0.29) is 0 Å². The Bertz CT molecular complexity index is 382. The monoisotopic (exact) mass is 343 g/mol. The van der Waals surface area contributed by atoms with Crippen molar-refractivity contribution < 1.29 is 0 Å². The van der Waals surface area contributed by atoms with Crippen molar-refractivity contribution in [2.75, 3.05) is 43.4 Å². The van der Waals surface area contributed by atoms with Crippen LogP contribution in [0.1, 0.15) is 33.6 Å². The van der Waals surface area contributed by atoms with E-state index in [0.717, 1.165) is 61.7 Å². The van der Waals surface area contributed by atoms with Crippen LogP contribution in [0, 0.1) is 0 Å². The van der Waals surface area contributed by atoms with Crippen molar-refractivity contribution in [3.8, 4) is 0 Å². The molecular weight excluding hydrogens is 318 g/mol. The Labute approximate surface area is 130 Å². The van der Waals surface area contributed by atoms with E-state index in [1.807, 2.05) is 0 Å². The van der Waals surface area contributed by atoms with Crippen LogP contribution in [0.15, 0.2) is 10.8 Å². The molecule has 0 aliphatic heterocycles. The lowest BCUT2D eigenvalue weighted by atomic mass is 10.3. The molecule has 0 aliphatic rings. The van der Waals surface area contributed by atoms with Gasteiger partial charge in [0.05, 0.1) is 0 Å². The molecule has 0 amide bonds. The lowest BCUT2D eigenvalue weighted by Gasteiger charge is -2.18. The molecule has 1 heterocycles. The Balaban J connectivity index is 2.43. The molecule has 114 valence electrons. The molecule has 0 fully saturated rings. The SMILES string of the molecule is CCCNc1ncnc(NCCCN(CC)CC)c1Br. The minimum Gasteiger partial charge on any atom is -0.369 e. The van der Waals surface area contributed by atoms with E-state index in [0.29, 0.717) is 0 Å². The van der Waals surface area contributed by atoms with Gasteiger partial charge in [-0.2, -0.15) is 0 Å². The summed E-state index contributed by atoms with van der Waals surface area (Å²) in [5.74, 6) is 1.71. The van der Waals surface area contributed by atoms with Gasteiger partial charge in [-0.1, -0.05) is 20.8 Å². The van der Waals surface area contributed by atoms with Crippen molar-refractivity contribution in [1.29, 1.82) is 0 Å². The number of anilines is 2.